The number of halogens is 1. The van der Waals surface area contributed by atoms with Crippen LogP contribution in [0.25, 0.3) is 0 Å². The molecule has 6 heterocycles. The highest BCUT2D eigenvalue weighted by atomic mass is 35.5. The zero-order valence-corrected chi connectivity index (χ0v) is 43.9. The van der Waals surface area contributed by atoms with Crippen molar-refractivity contribution in [2.24, 2.45) is 0 Å². The molecule has 1 aliphatic rings. The molecule has 5 aromatic rings. The number of amides is 1. The lowest BCUT2D eigenvalue weighted by molar-refractivity contribution is -0.116. The number of ether oxygens (including phenoxy) is 1. The molecule has 71 heavy (non-hydrogen) atoms. The normalized spacial score (nSPS) is 11.2. The molecule has 3 N–H and O–H groups in total. The van der Waals surface area contributed by atoms with E-state index in [1.54, 1.807) is 27.8 Å². The maximum Gasteiger partial charge on any atom is 0.375 e. The van der Waals surface area contributed by atoms with E-state index < -0.39 is 5.97 Å². The molecule has 23 heteroatoms. The van der Waals surface area contributed by atoms with Gasteiger partial charge in [0.25, 0.3) is 5.91 Å². The van der Waals surface area contributed by atoms with Gasteiger partial charge in [0, 0.05) is 79.5 Å². The minimum Gasteiger partial charge on any atom is -0.463 e. The third-order valence-corrected chi connectivity index (χ3v) is 8.61. The van der Waals surface area contributed by atoms with E-state index in [2.05, 4.69) is 91.3 Å². The summed E-state index contributed by atoms with van der Waals surface area (Å²) in [6, 6.07) is 5.15. The zero-order valence-electron chi connectivity index (χ0n) is 43.2. The Morgan fingerprint density at radius 3 is 1.58 bits per heavy atom. The molecule has 6 rings (SSSR count). The highest BCUT2D eigenvalue weighted by Gasteiger charge is 2.17. The molecule has 0 saturated heterocycles. The van der Waals surface area contributed by atoms with Crippen molar-refractivity contribution in [1.29, 1.82) is 0 Å². The molecule has 0 atom stereocenters. The van der Waals surface area contributed by atoms with Crippen LogP contribution in [0.1, 0.15) is 180 Å². The Bertz CT molecular complexity index is 2330. The second-order valence-corrected chi connectivity index (χ2v) is 17.1. The van der Waals surface area contributed by atoms with E-state index in [0.29, 0.717) is 59.1 Å². The van der Waals surface area contributed by atoms with Gasteiger partial charge in [0.05, 0.1) is 7.11 Å². The number of aromatic nitrogens is 13. The van der Waals surface area contributed by atoms with E-state index in [9.17, 15) is 19.2 Å². The van der Waals surface area contributed by atoms with Gasteiger partial charge < -0.3 is 25.6 Å². The molecular formula is C48H80ClN17O5. The maximum absolute atomic E-state index is 11.3. The first kappa shape index (κ1) is 66.1. The molecule has 1 aliphatic heterocycles. The van der Waals surface area contributed by atoms with Crippen molar-refractivity contribution in [2.45, 2.75) is 168 Å². The molecule has 0 spiro atoms. The Labute approximate surface area is 426 Å². The number of hydrogen-bond acceptors (Lipinski definition) is 18. The number of Topliss-reactive ketones (excluding diaryl/α,β-unsaturated/α-hetero) is 2. The standard InChI is InChI=1S/C8H12ClN3.C8H13N3O.C8H13N3.C8H12N2O.C7H11N3O2.C7H11N3O.2CH4/c1-5(2)10-8-11-6(3)4-7(9)12-8;1-4-7(12)8-9-5-10-11(8)6(2)3;1-6(2)10-8-9-5-4-7(3)11-8;1-6(2)10-5-4-8(11)9-7(10)3;1-5(2)10-6(7(11)12-3)8-4-9-10;1-5(2)10-7(6(3)11)8-4-9-10;;/h4-5H,1-3H3,(H,10,11,12);5-6H,4H2,1-3H3;4-6H,1-3H3,(H,9,10,11);4-6H,3H2,1-2H3,(H,9,11);4-5H,1-3H3;4-5H,1-3H3;2*1H4. The summed E-state index contributed by atoms with van der Waals surface area (Å²) in [6.45, 7) is 34.8. The van der Waals surface area contributed by atoms with E-state index in [-0.39, 0.29) is 56.3 Å². The predicted octanol–water partition coefficient (Wildman–Crippen LogP) is 9.11. The summed E-state index contributed by atoms with van der Waals surface area (Å²) in [4.78, 5) is 73.9. The van der Waals surface area contributed by atoms with Crippen LogP contribution in [0.5, 0.6) is 0 Å². The Kier molecular flexibility index (Phi) is 31.2. The van der Waals surface area contributed by atoms with Crippen molar-refractivity contribution < 1.29 is 23.9 Å². The van der Waals surface area contributed by atoms with Crippen molar-refractivity contribution >= 4 is 46.9 Å². The van der Waals surface area contributed by atoms with Gasteiger partial charge in [-0.25, -0.2) is 53.7 Å². The van der Waals surface area contributed by atoms with E-state index in [1.807, 2.05) is 101 Å². The highest BCUT2D eigenvalue weighted by Crippen LogP contribution is 2.12. The number of carbonyl (C=O) groups is 4. The molecule has 1 amide bonds. The van der Waals surface area contributed by atoms with Crippen LogP contribution in [0.2, 0.25) is 5.15 Å². The fourth-order valence-corrected chi connectivity index (χ4v) is 5.57. The van der Waals surface area contributed by atoms with Crippen LogP contribution >= 0.6 is 11.6 Å². The molecule has 0 unspecified atom stereocenters. The van der Waals surface area contributed by atoms with Crippen molar-refractivity contribution in [3.05, 3.63) is 96.0 Å². The fraction of sp³-hybridized carbons (Fsp3) is 0.542. The molecule has 394 valence electrons. The van der Waals surface area contributed by atoms with Crippen LogP contribution in [-0.4, -0.2) is 118 Å². The summed E-state index contributed by atoms with van der Waals surface area (Å²) in [6.07, 6.45) is 9.63. The Balaban J connectivity index is 0. The van der Waals surface area contributed by atoms with Gasteiger partial charge in [-0.1, -0.05) is 40.0 Å². The summed E-state index contributed by atoms with van der Waals surface area (Å²) in [7, 11) is 1.32. The molecular weight excluding hydrogens is 930 g/mol. The van der Waals surface area contributed by atoms with E-state index in [1.165, 1.54) is 43.8 Å². The topological polar surface area (TPSA) is 261 Å². The number of rotatable bonds is 12. The quantitative estimate of drug-likeness (QED) is 0.0597. The first-order chi connectivity index (χ1) is 32.3. The van der Waals surface area contributed by atoms with Crippen LogP contribution in [0.15, 0.2) is 62.0 Å². The smallest absolute Gasteiger partial charge is 0.375 e. The number of nitrogens with one attached hydrogen (secondary N) is 3. The summed E-state index contributed by atoms with van der Waals surface area (Å²) >= 11 is 5.74. The zero-order chi connectivity index (χ0) is 52.5. The first-order valence-corrected chi connectivity index (χ1v) is 22.8. The molecule has 0 aromatic carbocycles. The summed E-state index contributed by atoms with van der Waals surface area (Å²) in [5.41, 5.74) is 1.86. The van der Waals surface area contributed by atoms with Crippen LogP contribution in [0.4, 0.5) is 11.9 Å². The number of nitrogens with zero attached hydrogens (tertiary/aromatic N) is 14. The van der Waals surface area contributed by atoms with E-state index in [0.717, 1.165) is 11.4 Å². The van der Waals surface area contributed by atoms with Gasteiger partial charge in [0.15, 0.2) is 23.2 Å². The van der Waals surface area contributed by atoms with Crippen LogP contribution in [0, 0.1) is 13.8 Å². The van der Waals surface area contributed by atoms with Gasteiger partial charge in [-0.2, -0.15) is 15.3 Å². The van der Waals surface area contributed by atoms with Crippen molar-refractivity contribution in [2.75, 3.05) is 17.7 Å². The lowest BCUT2D eigenvalue weighted by atomic mass is 10.3. The number of hydrogen-bond donors (Lipinski definition) is 3. The number of esters is 1. The Hall–Kier alpha value is -6.97. The minimum absolute atomic E-state index is 0. The van der Waals surface area contributed by atoms with Gasteiger partial charge in [-0.15, -0.1) is 0 Å². The Morgan fingerprint density at radius 2 is 1.17 bits per heavy atom. The molecule has 0 saturated carbocycles. The number of carbonyl (C=O) groups excluding carboxylic acids is 4. The fourth-order valence-electron chi connectivity index (χ4n) is 5.33. The average molecular weight is 1010 g/mol. The molecule has 0 aliphatic carbocycles. The molecule has 22 nitrogen and oxygen atoms in total. The number of ketones is 2. The van der Waals surface area contributed by atoms with Gasteiger partial charge in [-0.05, 0) is 109 Å². The van der Waals surface area contributed by atoms with Crippen molar-refractivity contribution in [3.63, 3.8) is 0 Å². The first-order valence-electron chi connectivity index (χ1n) is 22.4. The average Bonchev–Trinajstić information content (AvgIpc) is 4.06. The van der Waals surface area contributed by atoms with Gasteiger partial charge >= 0.3 is 5.97 Å². The summed E-state index contributed by atoms with van der Waals surface area (Å²) < 4.78 is 9.30. The summed E-state index contributed by atoms with van der Waals surface area (Å²) in [5.74, 6) is 2.52. The number of aryl methyl sites for hydroxylation is 2. The molecule has 0 radical (unpaired) electrons. The maximum atomic E-state index is 11.3. The predicted molar refractivity (Wildman–Crippen MR) is 280 cm³/mol. The molecule has 5 aromatic heterocycles. The Morgan fingerprint density at radius 1 is 0.704 bits per heavy atom. The minimum atomic E-state index is -0.457. The molecule has 0 fully saturated rings. The SMILES string of the molecule is C.C.C=C1NC(=O)C=CN1C(C)C.CC(=O)c1ncnn1C(C)C.CCC(=O)c1ncnn1C(C)C.COC(=O)c1ncnn1C(C)C.Cc1cc(Cl)nc(NC(C)C)n1.Cc1ccnc(NC(C)C)n1. The van der Waals surface area contributed by atoms with Gasteiger partial charge in [-0.3, -0.25) is 14.4 Å². The number of methoxy groups -OCH3 is 1. The second-order valence-electron chi connectivity index (χ2n) is 16.7. The van der Waals surface area contributed by atoms with Gasteiger partial charge in [0.1, 0.15) is 30.0 Å². The second kappa shape index (κ2) is 33.5. The van der Waals surface area contributed by atoms with Crippen LogP contribution < -0.4 is 16.0 Å². The van der Waals surface area contributed by atoms with Crippen molar-refractivity contribution in [3.8, 4) is 0 Å². The molecule has 0 bridgehead atoms. The monoisotopic (exact) mass is 1010 g/mol. The highest BCUT2D eigenvalue weighted by molar-refractivity contribution is 6.29. The summed E-state index contributed by atoms with van der Waals surface area (Å²) in [5, 5.41) is 21.1. The van der Waals surface area contributed by atoms with Crippen LogP contribution in [-0.2, 0) is 9.53 Å². The van der Waals surface area contributed by atoms with Crippen LogP contribution in [0.3, 0.4) is 0 Å². The third kappa shape index (κ3) is 24.4. The lowest BCUT2D eigenvalue weighted by Gasteiger charge is -2.29. The van der Waals surface area contributed by atoms with Gasteiger partial charge in [0.2, 0.25) is 17.7 Å². The lowest BCUT2D eigenvalue weighted by Crippen LogP contribution is -2.38. The number of anilines is 2. The van der Waals surface area contributed by atoms with Crippen molar-refractivity contribution in [1.82, 2.24) is 74.4 Å². The third-order valence-electron chi connectivity index (χ3n) is 8.42. The van der Waals surface area contributed by atoms with E-state index >= 15 is 0 Å². The van der Waals surface area contributed by atoms with E-state index in [4.69, 9.17) is 11.6 Å². The largest absolute Gasteiger partial charge is 0.463 e.